The number of imide groups is 1. The quantitative estimate of drug-likeness (QED) is 0.641. The Morgan fingerprint density at radius 2 is 2.16 bits per heavy atom. The third kappa shape index (κ3) is 5.35. The molecule has 7 heteroatoms. The second-order valence-electron chi connectivity index (χ2n) is 3.54. The van der Waals surface area contributed by atoms with Crippen LogP contribution in [-0.2, 0) is 14.3 Å². The van der Waals surface area contributed by atoms with Gasteiger partial charge in [-0.15, -0.1) is 0 Å². The number of ether oxygens (including phenoxy) is 1. The van der Waals surface area contributed by atoms with Crippen LogP contribution in [0.3, 0.4) is 0 Å². The lowest BCUT2D eigenvalue weighted by molar-refractivity contribution is -0.149. The molecular formula is C12H14N2O4S. The lowest BCUT2D eigenvalue weighted by Crippen LogP contribution is -2.43. The Bertz CT molecular complexity index is 482. The van der Waals surface area contributed by atoms with Crippen molar-refractivity contribution in [2.75, 3.05) is 7.05 Å². The van der Waals surface area contributed by atoms with Gasteiger partial charge in [0.15, 0.2) is 6.10 Å². The average molecular weight is 282 g/mol. The maximum Gasteiger partial charge on any atom is 0.331 e. The van der Waals surface area contributed by atoms with Crippen LogP contribution in [-0.4, -0.2) is 31.1 Å². The molecule has 0 saturated heterocycles. The SMILES string of the molecule is CNC(=O)NC(=O)[C@@H](C)OC(=O)/C=C/c1ccsc1. The molecule has 2 N–H and O–H groups in total. The number of hydrogen-bond donors (Lipinski definition) is 2. The van der Waals surface area contributed by atoms with E-state index in [1.165, 1.54) is 31.4 Å². The summed E-state index contributed by atoms with van der Waals surface area (Å²) in [6, 6.07) is 1.19. The number of esters is 1. The third-order valence-corrected chi connectivity index (χ3v) is 2.78. The Hall–Kier alpha value is -2.15. The van der Waals surface area contributed by atoms with Gasteiger partial charge in [-0.1, -0.05) is 0 Å². The molecular weight excluding hydrogens is 268 g/mol. The highest BCUT2D eigenvalue weighted by atomic mass is 32.1. The standard InChI is InChI=1S/C12H14N2O4S/c1-8(11(16)14-12(17)13-2)18-10(15)4-3-9-5-6-19-7-9/h3-8H,1-2H3,(H2,13,14,16,17)/b4-3+/t8-/m1/s1. The predicted octanol–water partition coefficient (Wildman–Crippen LogP) is 1.15. The highest BCUT2D eigenvalue weighted by molar-refractivity contribution is 7.08. The number of hydrogen-bond acceptors (Lipinski definition) is 5. The van der Waals surface area contributed by atoms with E-state index >= 15 is 0 Å². The van der Waals surface area contributed by atoms with Crippen LogP contribution in [0.2, 0.25) is 0 Å². The van der Waals surface area contributed by atoms with Crippen LogP contribution in [0.1, 0.15) is 12.5 Å². The zero-order valence-corrected chi connectivity index (χ0v) is 11.3. The Balaban J connectivity index is 2.43. The maximum absolute atomic E-state index is 11.4. The molecule has 1 aromatic heterocycles. The van der Waals surface area contributed by atoms with E-state index < -0.39 is 24.0 Å². The van der Waals surface area contributed by atoms with E-state index in [1.807, 2.05) is 22.1 Å². The largest absolute Gasteiger partial charge is 0.449 e. The molecule has 3 amide bonds. The first kappa shape index (κ1) is 14.9. The van der Waals surface area contributed by atoms with Gasteiger partial charge in [-0.2, -0.15) is 11.3 Å². The molecule has 0 saturated carbocycles. The average Bonchev–Trinajstić information content (AvgIpc) is 2.89. The highest BCUT2D eigenvalue weighted by Crippen LogP contribution is 2.07. The van der Waals surface area contributed by atoms with Gasteiger partial charge in [0.2, 0.25) is 0 Å². The first-order chi connectivity index (χ1) is 9.02. The molecule has 0 aliphatic carbocycles. The molecule has 19 heavy (non-hydrogen) atoms. The van der Waals surface area contributed by atoms with Crippen molar-refractivity contribution in [3.05, 3.63) is 28.5 Å². The monoisotopic (exact) mass is 282 g/mol. The molecule has 0 aromatic carbocycles. The summed E-state index contributed by atoms with van der Waals surface area (Å²) >= 11 is 1.51. The summed E-state index contributed by atoms with van der Waals surface area (Å²) < 4.78 is 4.84. The van der Waals surface area contributed by atoms with E-state index in [4.69, 9.17) is 4.74 Å². The van der Waals surface area contributed by atoms with Gasteiger partial charge in [-0.25, -0.2) is 9.59 Å². The van der Waals surface area contributed by atoms with Crippen LogP contribution >= 0.6 is 11.3 Å². The van der Waals surface area contributed by atoms with Gasteiger partial charge in [0, 0.05) is 13.1 Å². The number of thiophene rings is 1. The number of rotatable bonds is 4. The fraction of sp³-hybridized carbons (Fsp3) is 0.250. The van der Waals surface area contributed by atoms with E-state index in [2.05, 4.69) is 5.32 Å². The first-order valence-electron chi connectivity index (χ1n) is 5.46. The van der Waals surface area contributed by atoms with E-state index in [9.17, 15) is 14.4 Å². The third-order valence-electron chi connectivity index (χ3n) is 2.08. The van der Waals surface area contributed by atoms with Gasteiger partial charge in [0.05, 0.1) is 0 Å². The molecule has 1 rings (SSSR count). The normalized spacial score (nSPS) is 11.9. The van der Waals surface area contributed by atoms with Crippen LogP contribution in [0.25, 0.3) is 6.08 Å². The van der Waals surface area contributed by atoms with Gasteiger partial charge in [-0.3, -0.25) is 10.1 Å². The van der Waals surface area contributed by atoms with Crippen LogP contribution in [0, 0.1) is 0 Å². The molecule has 0 spiro atoms. The number of carbonyl (C=O) groups excluding carboxylic acids is 3. The topological polar surface area (TPSA) is 84.5 Å². The van der Waals surface area contributed by atoms with Crippen molar-refractivity contribution >= 4 is 35.3 Å². The molecule has 1 aromatic rings. The second-order valence-corrected chi connectivity index (χ2v) is 4.32. The van der Waals surface area contributed by atoms with Gasteiger partial charge >= 0.3 is 12.0 Å². The summed E-state index contributed by atoms with van der Waals surface area (Å²) in [4.78, 5) is 33.7. The Morgan fingerprint density at radius 1 is 1.42 bits per heavy atom. The lowest BCUT2D eigenvalue weighted by atomic mass is 10.3. The molecule has 6 nitrogen and oxygen atoms in total. The summed E-state index contributed by atoms with van der Waals surface area (Å²) in [6.45, 7) is 1.38. The smallest absolute Gasteiger partial charge is 0.331 e. The Morgan fingerprint density at radius 3 is 2.74 bits per heavy atom. The summed E-state index contributed by atoms with van der Waals surface area (Å²) in [6.07, 6.45) is 1.77. The van der Waals surface area contributed by atoms with Crippen LogP contribution in [0.5, 0.6) is 0 Å². The summed E-state index contributed by atoms with van der Waals surface area (Å²) in [7, 11) is 1.38. The molecule has 1 atom stereocenters. The molecule has 102 valence electrons. The second kappa shape index (κ2) is 7.32. The minimum atomic E-state index is -1.04. The fourth-order valence-electron chi connectivity index (χ4n) is 1.08. The van der Waals surface area contributed by atoms with E-state index in [0.29, 0.717) is 0 Å². The summed E-state index contributed by atoms with van der Waals surface area (Å²) in [5.41, 5.74) is 0.879. The predicted molar refractivity (Wildman–Crippen MR) is 71.5 cm³/mol. The zero-order valence-electron chi connectivity index (χ0n) is 10.5. The van der Waals surface area contributed by atoms with Crippen molar-refractivity contribution in [2.24, 2.45) is 0 Å². The highest BCUT2D eigenvalue weighted by Gasteiger charge is 2.18. The lowest BCUT2D eigenvalue weighted by Gasteiger charge is -2.10. The minimum Gasteiger partial charge on any atom is -0.449 e. The van der Waals surface area contributed by atoms with Crippen molar-refractivity contribution in [3.63, 3.8) is 0 Å². The van der Waals surface area contributed by atoms with E-state index in [-0.39, 0.29) is 0 Å². The molecule has 0 bridgehead atoms. The van der Waals surface area contributed by atoms with Crippen LogP contribution < -0.4 is 10.6 Å². The molecule has 0 aliphatic heterocycles. The number of carbonyl (C=O) groups is 3. The molecule has 0 unspecified atom stereocenters. The van der Waals surface area contributed by atoms with Crippen molar-refractivity contribution in [1.82, 2.24) is 10.6 Å². The zero-order chi connectivity index (χ0) is 14.3. The fourth-order valence-corrected chi connectivity index (χ4v) is 1.71. The van der Waals surface area contributed by atoms with Crippen molar-refractivity contribution in [1.29, 1.82) is 0 Å². The Labute approximate surface area is 114 Å². The minimum absolute atomic E-state index is 0.647. The van der Waals surface area contributed by atoms with Gasteiger partial charge in [-0.05, 0) is 35.4 Å². The van der Waals surface area contributed by atoms with E-state index in [0.717, 1.165) is 5.56 Å². The van der Waals surface area contributed by atoms with Gasteiger partial charge in [0.1, 0.15) is 0 Å². The van der Waals surface area contributed by atoms with Crippen LogP contribution in [0.15, 0.2) is 22.9 Å². The number of nitrogens with one attached hydrogen (secondary N) is 2. The molecule has 1 heterocycles. The number of amides is 3. The maximum atomic E-state index is 11.4. The van der Waals surface area contributed by atoms with Crippen molar-refractivity contribution in [2.45, 2.75) is 13.0 Å². The molecule has 0 radical (unpaired) electrons. The van der Waals surface area contributed by atoms with E-state index in [1.54, 1.807) is 6.08 Å². The molecule has 0 aliphatic rings. The van der Waals surface area contributed by atoms with Crippen molar-refractivity contribution < 1.29 is 19.1 Å². The summed E-state index contributed by atoms with van der Waals surface area (Å²) in [5.74, 6) is -1.33. The van der Waals surface area contributed by atoms with Gasteiger partial charge in [0.25, 0.3) is 5.91 Å². The Kier molecular flexibility index (Phi) is 5.74. The first-order valence-corrected chi connectivity index (χ1v) is 6.40. The molecule has 0 fully saturated rings. The van der Waals surface area contributed by atoms with Crippen molar-refractivity contribution in [3.8, 4) is 0 Å². The summed E-state index contributed by atoms with van der Waals surface area (Å²) in [5, 5.41) is 7.99. The number of urea groups is 1. The van der Waals surface area contributed by atoms with Gasteiger partial charge < -0.3 is 10.1 Å². The van der Waals surface area contributed by atoms with Crippen LogP contribution in [0.4, 0.5) is 4.79 Å².